The lowest BCUT2D eigenvalue weighted by Gasteiger charge is -2.43. The Bertz CT molecular complexity index is 1010. The molecule has 2 saturated heterocycles. The second-order valence-electron chi connectivity index (χ2n) is 9.92. The van der Waals surface area contributed by atoms with Gasteiger partial charge in [0.15, 0.2) is 0 Å². The summed E-state index contributed by atoms with van der Waals surface area (Å²) in [7, 11) is 0. The van der Waals surface area contributed by atoms with Gasteiger partial charge in [0.1, 0.15) is 5.82 Å². The van der Waals surface area contributed by atoms with E-state index in [-0.39, 0.29) is 30.1 Å². The van der Waals surface area contributed by atoms with Crippen molar-refractivity contribution in [2.45, 2.75) is 64.0 Å². The number of likely N-dealkylation sites (tertiary alicyclic amines) is 1. The minimum absolute atomic E-state index is 0.0303. The normalized spacial score (nSPS) is 24.6. The molecule has 6 heteroatoms. The molecule has 2 fully saturated rings. The van der Waals surface area contributed by atoms with E-state index >= 15 is 0 Å². The van der Waals surface area contributed by atoms with Crippen LogP contribution in [0.1, 0.15) is 50.2 Å². The summed E-state index contributed by atoms with van der Waals surface area (Å²) < 4.78 is 13.5. The number of carbonyl (C=O) groups is 2. The highest BCUT2D eigenvalue weighted by atomic mass is 19.1. The maximum Gasteiger partial charge on any atom is 0.303 e. The summed E-state index contributed by atoms with van der Waals surface area (Å²) in [5.74, 6) is -0.684. The monoisotopic (exact) mass is 452 g/mol. The summed E-state index contributed by atoms with van der Waals surface area (Å²) in [6, 6.07) is 15.7. The predicted octanol–water partition coefficient (Wildman–Crippen LogP) is 4.82. The van der Waals surface area contributed by atoms with Gasteiger partial charge in [-0.15, -0.1) is 0 Å². The molecule has 1 N–H and O–H groups in total. The van der Waals surface area contributed by atoms with Gasteiger partial charge in [0.2, 0.25) is 5.91 Å². The van der Waals surface area contributed by atoms with E-state index in [2.05, 4.69) is 43.0 Å². The molecule has 2 aliphatic heterocycles. The quantitative estimate of drug-likeness (QED) is 0.655. The van der Waals surface area contributed by atoms with Crippen molar-refractivity contribution in [2.75, 3.05) is 18.0 Å². The van der Waals surface area contributed by atoms with Gasteiger partial charge in [-0.3, -0.25) is 9.59 Å². The van der Waals surface area contributed by atoms with E-state index < -0.39 is 5.97 Å². The molecule has 2 aromatic carbocycles. The lowest BCUT2D eigenvalue weighted by molar-refractivity contribution is -0.137. The van der Waals surface area contributed by atoms with Gasteiger partial charge in [0.25, 0.3) is 0 Å². The fraction of sp³-hybridized carbons (Fsp3) is 0.481. The minimum Gasteiger partial charge on any atom is -0.481 e. The molecule has 33 heavy (non-hydrogen) atoms. The zero-order chi connectivity index (χ0) is 23.6. The summed E-state index contributed by atoms with van der Waals surface area (Å²) in [5.41, 5.74) is 3.37. The second kappa shape index (κ2) is 9.54. The number of fused-ring (bicyclic) bond motifs is 1. The van der Waals surface area contributed by atoms with Crippen molar-refractivity contribution in [3.63, 3.8) is 0 Å². The molecule has 0 radical (unpaired) electrons. The van der Waals surface area contributed by atoms with Crippen LogP contribution in [0.4, 0.5) is 10.1 Å². The molecule has 0 saturated carbocycles. The van der Waals surface area contributed by atoms with E-state index in [1.807, 2.05) is 17.0 Å². The molecule has 0 unspecified atom stereocenters. The Morgan fingerprint density at radius 1 is 1.15 bits per heavy atom. The molecule has 1 amide bonds. The second-order valence-corrected chi connectivity index (χ2v) is 9.92. The smallest absolute Gasteiger partial charge is 0.303 e. The van der Waals surface area contributed by atoms with Gasteiger partial charge >= 0.3 is 5.97 Å². The zero-order valence-electron chi connectivity index (χ0n) is 19.5. The Kier molecular flexibility index (Phi) is 6.73. The average Bonchev–Trinajstić information content (AvgIpc) is 3.05. The van der Waals surface area contributed by atoms with Crippen molar-refractivity contribution >= 4 is 17.6 Å². The Hall–Kier alpha value is -2.89. The van der Waals surface area contributed by atoms with E-state index in [4.69, 9.17) is 5.11 Å². The number of aliphatic carboxylic acids is 1. The molecule has 3 atom stereocenters. The summed E-state index contributed by atoms with van der Waals surface area (Å²) in [5, 5.41) is 8.86. The molecule has 4 rings (SSSR count). The van der Waals surface area contributed by atoms with Gasteiger partial charge < -0.3 is 14.9 Å². The Morgan fingerprint density at radius 3 is 2.61 bits per heavy atom. The highest BCUT2D eigenvalue weighted by Crippen LogP contribution is 2.46. The van der Waals surface area contributed by atoms with Gasteiger partial charge in [0.05, 0.1) is 0 Å². The van der Waals surface area contributed by atoms with Crippen molar-refractivity contribution in [2.24, 2.45) is 5.92 Å². The number of benzene rings is 2. The minimum atomic E-state index is -0.859. The summed E-state index contributed by atoms with van der Waals surface area (Å²) in [6.07, 6.45) is 3.35. The van der Waals surface area contributed by atoms with Gasteiger partial charge in [-0.2, -0.15) is 0 Å². The number of carbonyl (C=O) groups excluding carboxylic acids is 1. The molecule has 5 nitrogen and oxygen atoms in total. The summed E-state index contributed by atoms with van der Waals surface area (Å²) >= 11 is 0. The van der Waals surface area contributed by atoms with Crippen LogP contribution in [0.25, 0.3) is 0 Å². The molecular weight excluding hydrogens is 419 g/mol. The fourth-order valence-corrected chi connectivity index (χ4v) is 5.88. The predicted molar refractivity (Wildman–Crippen MR) is 127 cm³/mol. The number of carboxylic acids is 1. The standard InChI is InChI=1S/C27H33FN2O3/c1-19-5-3-6-23(15-19)30-24-13-14-29(25(31)7-4-8-26(32)33)18-21(24)17-27(30,2)16-20-9-11-22(28)12-10-20/h3,5-6,9-12,15,21,24H,4,7-8,13-14,16-18H2,1-2H3,(H,32,33)/t21-,24+,27-/m1/s1. The van der Waals surface area contributed by atoms with Crippen molar-refractivity contribution < 1.29 is 19.1 Å². The van der Waals surface area contributed by atoms with Crippen molar-refractivity contribution in [1.82, 2.24) is 4.90 Å². The van der Waals surface area contributed by atoms with E-state index in [0.29, 0.717) is 31.5 Å². The number of hydrogen-bond donors (Lipinski definition) is 1. The van der Waals surface area contributed by atoms with Crippen LogP contribution in [0.3, 0.4) is 0 Å². The maximum atomic E-state index is 13.5. The molecule has 0 aliphatic carbocycles. The first kappa shape index (κ1) is 23.3. The maximum absolute atomic E-state index is 13.5. The van der Waals surface area contributed by atoms with Crippen LogP contribution in [0.5, 0.6) is 0 Å². The summed E-state index contributed by atoms with van der Waals surface area (Å²) in [6.45, 7) is 5.79. The number of hydrogen-bond acceptors (Lipinski definition) is 3. The van der Waals surface area contributed by atoms with Crippen LogP contribution in [-0.4, -0.2) is 46.6 Å². The lowest BCUT2D eigenvalue weighted by Crippen LogP contribution is -2.51. The topological polar surface area (TPSA) is 60.9 Å². The number of nitrogens with zero attached hydrogens (tertiary/aromatic N) is 2. The van der Waals surface area contributed by atoms with E-state index in [1.165, 1.54) is 23.4 Å². The van der Waals surface area contributed by atoms with Crippen LogP contribution in [-0.2, 0) is 16.0 Å². The zero-order valence-corrected chi connectivity index (χ0v) is 19.5. The van der Waals surface area contributed by atoms with Crippen LogP contribution in [0.15, 0.2) is 48.5 Å². The number of halogens is 1. The fourth-order valence-electron chi connectivity index (χ4n) is 5.88. The first-order valence-corrected chi connectivity index (χ1v) is 11.9. The van der Waals surface area contributed by atoms with E-state index in [9.17, 15) is 14.0 Å². The summed E-state index contributed by atoms with van der Waals surface area (Å²) in [4.78, 5) is 28.0. The van der Waals surface area contributed by atoms with Crippen LogP contribution >= 0.6 is 0 Å². The largest absolute Gasteiger partial charge is 0.481 e. The van der Waals surface area contributed by atoms with Gasteiger partial charge in [-0.25, -0.2) is 4.39 Å². The van der Waals surface area contributed by atoms with Crippen LogP contribution in [0, 0.1) is 18.7 Å². The third kappa shape index (κ3) is 5.21. The number of carboxylic acid groups (broad SMARTS) is 1. The molecule has 2 aliphatic rings. The number of rotatable bonds is 7. The molecule has 0 bridgehead atoms. The molecule has 0 spiro atoms. The van der Waals surface area contributed by atoms with E-state index in [1.54, 1.807) is 0 Å². The average molecular weight is 453 g/mol. The van der Waals surface area contributed by atoms with Crippen molar-refractivity contribution in [3.8, 4) is 0 Å². The number of aryl methyl sites for hydroxylation is 1. The highest BCUT2D eigenvalue weighted by Gasteiger charge is 2.50. The number of amides is 1. The van der Waals surface area contributed by atoms with Crippen LogP contribution < -0.4 is 4.90 Å². The molecule has 0 aromatic heterocycles. The first-order chi connectivity index (χ1) is 15.7. The van der Waals surface area contributed by atoms with Crippen LogP contribution in [0.2, 0.25) is 0 Å². The van der Waals surface area contributed by atoms with E-state index in [0.717, 1.165) is 24.8 Å². The van der Waals surface area contributed by atoms with Gasteiger partial charge in [-0.1, -0.05) is 24.3 Å². The number of piperidine rings is 1. The Balaban J connectivity index is 1.56. The SMILES string of the molecule is Cc1cccc(N2[C@H]3CCN(C(=O)CCCC(=O)O)C[C@H]3C[C@@]2(C)Cc2ccc(F)cc2)c1. The first-order valence-electron chi connectivity index (χ1n) is 11.9. The Morgan fingerprint density at radius 2 is 1.91 bits per heavy atom. The highest BCUT2D eigenvalue weighted by molar-refractivity contribution is 5.77. The molecule has 176 valence electrons. The van der Waals surface area contributed by atoms with Crippen molar-refractivity contribution in [3.05, 3.63) is 65.5 Å². The lowest BCUT2D eigenvalue weighted by atomic mass is 9.85. The Labute approximate surface area is 195 Å². The molecular formula is C27H33FN2O3. The van der Waals surface area contributed by atoms with Gasteiger partial charge in [0, 0.05) is 43.2 Å². The van der Waals surface area contributed by atoms with Gasteiger partial charge in [-0.05, 0) is 80.8 Å². The number of anilines is 1. The third-order valence-corrected chi connectivity index (χ3v) is 7.22. The van der Waals surface area contributed by atoms with Crippen molar-refractivity contribution in [1.29, 1.82) is 0 Å². The molecule has 2 heterocycles. The third-order valence-electron chi connectivity index (χ3n) is 7.22. The molecule has 2 aromatic rings.